The van der Waals surface area contributed by atoms with Gasteiger partial charge in [0.15, 0.2) is 11.5 Å². The van der Waals surface area contributed by atoms with Crippen LogP contribution in [0.15, 0.2) is 12.1 Å². The molecule has 0 bridgehead atoms. The van der Waals surface area contributed by atoms with Crippen molar-refractivity contribution in [1.29, 1.82) is 0 Å². The average molecular weight is 250 g/mol. The van der Waals surface area contributed by atoms with Crippen molar-refractivity contribution in [2.75, 3.05) is 14.2 Å². The summed E-state index contributed by atoms with van der Waals surface area (Å²) in [5.41, 5.74) is 2.65. The van der Waals surface area contributed by atoms with Gasteiger partial charge in [-0.1, -0.05) is 47.6 Å². The molecule has 0 saturated heterocycles. The first-order chi connectivity index (χ1) is 8.12. The number of hydrogen-bond donors (Lipinski definition) is 0. The minimum absolute atomic E-state index is 0.0164. The van der Waals surface area contributed by atoms with E-state index in [-0.39, 0.29) is 10.8 Å². The molecule has 0 aliphatic rings. The van der Waals surface area contributed by atoms with Crippen molar-refractivity contribution < 1.29 is 9.47 Å². The predicted molar refractivity (Wildman–Crippen MR) is 76.9 cm³/mol. The molecule has 0 N–H and O–H groups in total. The largest absolute Gasteiger partial charge is 0.493 e. The second-order valence-corrected chi connectivity index (χ2v) is 6.72. The summed E-state index contributed by atoms with van der Waals surface area (Å²) in [6.07, 6.45) is 0. The minimum Gasteiger partial charge on any atom is -0.493 e. The third kappa shape index (κ3) is 2.80. The molecule has 1 aromatic carbocycles. The monoisotopic (exact) mass is 250 g/mol. The Hall–Kier alpha value is -1.18. The molecule has 0 heterocycles. The Morgan fingerprint density at radius 3 is 1.67 bits per heavy atom. The molecule has 0 spiro atoms. The van der Waals surface area contributed by atoms with Gasteiger partial charge in [0.2, 0.25) is 0 Å². The van der Waals surface area contributed by atoms with Crippen LogP contribution in [-0.2, 0) is 10.8 Å². The molecule has 0 saturated carbocycles. The Morgan fingerprint density at radius 1 is 0.778 bits per heavy atom. The van der Waals surface area contributed by atoms with Crippen LogP contribution in [0.2, 0.25) is 0 Å². The van der Waals surface area contributed by atoms with E-state index in [2.05, 4.69) is 47.6 Å². The highest BCUT2D eigenvalue weighted by atomic mass is 16.5. The van der Waals surface area contributed by atoms with Gasteiger partial charge >= 0.3 is 0 Å². The average Bonchev–Trinajstić information content (AvgIpc) is 2.24. The summed E-state index contributed by atoms with van der Waals surface area (Å²) >= 11 is 0. The zero-order valence-electron chi connectivity index (χ0n) is 13.0. The van der Waals surface area contributed by atoms with Crippen LogP contribution < -0.4 is 9.47 Å². The van der Waals surface area contributed by atoms with Crippen molar-refractivity contribution in [1.82, 2.24) is 0 Å². The highest BCUT2D eigenvalue weighted by Gasteiger charge is 2.30. The number of rotatable bonds is 2. The molecule has 2 heteroatoms. The van der Waals surface area contributed by atoms with Crippen molar-refractivity contribution in [3.05, 3.63) is 23.3 Å². The smallest absolute Gasteiger partial charge is 0.164 e. The van der Waals surface area contributed by atoms with Gasteiger partial charge in [-0.15, -0.1) is 0 Å². The number of benzene rings is 1. The maximum Gasteiger partial charge on any atom is 0.164 e. The third-order valence-corrected chi connectivity index (χ3v) is 3.10. The summed E-state index contributed by atoms with van der Waals surface area (Å²) in [6.45, 7) is 13.3. The van der Waals surface area contributed by atoms with E-state index in [1.54, 1.807) is 14.2 Å². The first kappa shape index (κ1) is 14.9. The molecule has 0 aliphatic heterocycles. The van der Waals surface area contributed by atoms with E-state index in [1.807, 2.05) is 6.07 Å². The summed E-state index contributed by atoms with van der Waals surface area (Å²) in [5.74, 6) is 1.66. The van der Waals surface area contributed by atoms with Gasteiger partial charge in [-0.25, -0.2) is 0 Å². The third-order valence-electron chi connectivity index (χ3n) is 3.10. The summed E-state index contributed by atoms with van der Waals surface area (Å²) in [7, 11) is 3.39. The highest BCUT2D eigenvalue weighted by Crippen LogP contribution is 2.44. The van der Waals surface area contributed by atoms with Crippen molar-refractivity contribution in [3.8, 4) is 11.5 Å². The topological polar surface area (TPSA) is 18.5 Å². The summed E-state index contributed by atoms with van der Waals surface area (Å²) in [6, 6.07) is 4.15. The first-order valence-electron chi connectivity index (χ1n) is 6.39. The van der Waals surface area contributed by atoms with Crippen LogP contribution in [0.25, 0.3) is 0 Å². The standard InChI is InChI=1S/C16H26O2/c1-15(2,3)11-9-10-12(17-7)14(18-8)13(11)16(4,5)6/h9-10H,1-8H3. The Labute approximate surface area is 111 Å². The molecule has 1 aromatic rings. The molecule has 0 aromatic heterocycles. The number of methoxy groups -OCH3 is 2. The molecule has 1 rings (SSSR count). The molecule has 0 amide bonds. The van der Waals surface area contributed by atoms with E-state index >= 15 is 0 Å². The lowest BCUT2D eigenvalue weighted by Crippen LogP contribution is -2.23. The van der Waals surface area contributed by atoms with Gasteiger partial charge in [-0.05, 0) is 22.5 Å². The Morgan fingerprint density at radius 2 is 1.33 bits per heavy atom. The van der Waals surface area contributed by atoms with Gasteiger partial charge < -0.3 is 9.47 Å². The van der Waals surface area contributed by atoms with Gasteiger partial charge in [-0.3, -0.25) is 0 Å². The lowest BCUT2D eigenvalue weighted by molar-refractivity contribution is 0.342. The van der Waals surface area contributed by atoms with Gasteiger partial charge in [0.25, 0.3) is 0 Å². The van der Waals surface area contributed by atoms with Crippen molar-refractivity contribution in [2.45, 2.75) is 52.4 Å². The molecular formula is C16H26O2. The molecule has 2 nitrogen and oxygen atoms in total. The molecule has 0 aliphatic carbocycles. The fourth-order valence-corrected chi connectivity index (χ4v) is 2.30. The molecule has 102 valence electrons. The number of hydrogen-bond acceptors (Lipinski definition) is 2. The van der Waals surface area contributed by atoms with E-state index in [1.165, 1.54) is 11.1 Å². The highest BCUT2D eigenvalue weighted by molar-refractivity contribution is 5.55. The lowest BCUT2D eigenvalue weighted by Gasteiger charge is -2.32. The van der Waals surface area contributed by atoms with E-state index in [0.29, 0.717) is 0 Å². The van der Waals surface area contributed by atoms with Crippen LogP contribution in [-0.4, -0.2) is 14.2 Å². The van der Waals surface area contributed by atoms with Crippen LogP contribution in [0.1, 0.15) is 52.7 Å². The second-order valence-electron chi connectivity index (χ2n) is 6.72. The normalized spacial score (nSPS) is 12.4. The van der Waals surface area contributed by atoms with E-state index in [9.17, 15) is 0 Å². The Bertz CT molecular complexity index is 420. The fraction of sp³-hybridized carbons (Fsp3) is 0.625. The fourth-order valence-electron chi connectivity index (χ4n) is 2.30. The summed E-state index contributed by atoms with van der Waals surface area (Å²) < 4.78 is 11.0. The number of ether oxygens (including phenoxy) is 2. The van der Waals surface area contributed by atoms with E-state index in [4.69, 9.17) is 9.47 Å². The van der Waals surface area contributed by atoms with Crippen LogP contribution in [0.3, 0.4) is 0 Å². The lowest BCUT2D eigenvalue weighted by atomic mass is 9.74. The molecular weight excluding hydrogens is 224 g/mol. The van der Waals surface area contributed by atoms with Gasteiger partial charge in [0.1, 0.15) is 0 Å². The second kappa shape index (κ2) is 4.83. The van der Waals surface area contributed by atoms with Crippen LogP contribution in [0.5, 0.6) is 11.5 Å². The van der Waals surface area contributed by atoms with Gasteiger partial charge in [0, 0.05) is 5.56 Å². The Balaban J connectivity index is 3.66. The summed E-state index contributed by atoms with van der Waals surface area (Å²) in [5, 5.41) is 0. The van der Waals surface area contributed by atoms with Crippen molar-refractivity contribution in [2.24, 2.45) is 0 Å². The van der Waals surface area contributed by atoms with Crippen molar-refractivity contribution >= 4 is 0 Å². The summed E-state index contributed by atoms with van der Waals surface area (Å²) in [4.78, 5) is 0. The first-order valence-corrected chi connectivity index (χ1v) is 6.39. The van der Waals surface area contributed by atoms with Crippen LogP contribution >= 0.6 is 0 Å². The van der Waals surface area contributed by atoms with Crippen molar-refractivity contribution in [3.63, 3.8) is 0 Å². The molecule has 0 radical (unpaired) electrons. The van der Waals surface area contributed by atoms with Gasteiger partial charge in [-0.2, -0.15) is 0 Å². The van der Waals surface area contributed by atoms with E-state index in [0.717, 1.165) is 11.5 Å². The molecule has 0 atom stereocenters. The zero-order valence-corrected chi connectivity index (χ0v) is 13.0. The van der Waals surface area contributed by atoms with Crippen LogP contribution in [0.4, 0.5) is 0 Å². The Kier molecular flexibility index (Phi) is 3.99. The van der Waals surface area contributed by atoms with E-state index < -0.39 is 0 Å². The molecule has 0 fully saturated rings. The van der Waals surface area contributed by atoms with Crippen LogP contribution in [0, 0.1) is 0 Å². The minimum atomic E-state index is 0.0164. The SMILES string of the molecule is COc1ccc(C(C)(C)C)c(C(C)(C)C)c1OC. The maximum atomic E-state index is 5.60. The quantitative estimate of drug-likeness (QED) is 0.779. The van der Waals surface area contributed by atoms with Gasteiger partial charge in [0.05, 0.1) is 14.2 Å². The molecule has 0 unspecified atom stereocenters. The molecule has 18 heavy (non-hydrogen) atoms. The predicted octanol–water partition coefficient (Wildman–Crippen LogP) is 4.30. The zero-order chi connectivity index (χ0) is 14.1. The maximum absolute atomic E-state index is 5.60.